The van der Waals surface area contributed by atoms with E-state index < -0.39 is 0 Å². The Balaban J connectivity index is 1.77. The maximum Gasteiger partial charge on any atom is 0.192 e. The third-order valence-electron chi connectivity index (χ3n) is 4.63. The van der Waals surface area contributed by atoms with Crippen LogP contribution in [0.1, 0.15) is 38.2 Å². The van der Waals surface area contributed by atoms with Gasteiger partial charge >= 0.3 is 0 Å². The summed E-state index contributed by atoms with van der Waals surface area (Å²) >= 11 is 12.5. The van der Waals surface area contributed by atoms with Crippen molar-refractivity contribution in [2.75, 3.05) is 0 Å². The molecule has 0 spiro atoms. The number of benzene rings is 1. The minimum absolute atomic E-state index is 0.0403. The lowest BCUT2D eigenvalue weighted by Crippen LogP contribution is -1.95. The van der Waals surface area contributed by atoms with E-state index >= 15 is 0 Å². The Labute approximate surface area is 188 Å². The Morgan fingerprint density at radius 1 is 1.03 bits per heavy atom. The molecule has 1 aromatic carbocycles. The molecule has 0 radical (unpaired) electrons. The summed E-state index contributed by atoms with van der Waals surface area (Å²) in [6.45, 7) is 9.19. The number of allylic oxidation sites excluding steroid dienone is 3. The largest absolute Gasteiger partial charge is 0.289 e. The van der Waals surface area contributed by atoms with Crippen LogP contribution in [0.25, 0.3) is 26.3 Å². The molecule has 6 heteroatoms. The van der Waals surface area contributed by atoms with E-state index in [1.807, 2.05) is 59.3 Å². The maximum atomic E-state index is 13.0. The van der Waals surface area contributed by atoms with Gasteiger partial charge in [0.2, 0.25) is 0 Å². The highest BCUT2D eigenvalue weighted by atomic mass is 32.1. The molecular weight excluding hydrogens is 435 g/mol. The van der Waals surface area contributed by atoms with Gasteiger partial charge in [-0.05, 0) is 52.6 Å². The Morgan fingerprint density at radius 2 is 1.76 bits per heavy atom. The summed E-state index contributed by atoms with van der Waals surface area (Å²) in [5.41, 5.74) is 4.21. The van der Waals surface area contributed by atoms with Gasteiger partial charge in [-0.3, -0.25) is 4.79 Å². The topological polar surface area (TPSA) is 21.4 Å². The van der Waals surface area contributed by atoms with E-state index in [0.29, 0.717) is 16.8 Å². The molecule has 2 nitrogen and oxygen atoms in total. The first-order chi connectivity index (χ1) is 14.0. The molecule has 0 aliphatic heterocycles. The zero-order valence-electron chi connectivity index (χ0n) is 15.3. The smallest absolute Gasteiger partial charge is 0.192 e. The monoisotopic (exact) mass is 449 g/mol. The molecule has 0 amide bonds. The van der Waals surface area contributed by atoms with Crippen LogP contribution >= 0.6 is 47.9 Å². The van der Waals surface area contributed by atoms with Gasteiger partial charge in [0.15, 0.2) is 11.5 Å². The van der Waals surface area contributed by atoms with Crippen LogP contribution in [-0.4, -0.2) is 5.78 Å². The van der Waals surface area contributed by atoms with E-state index in [1.54, 1.807) is 29.6 Å². The van der Waals surface area contributed by atoms with Gasteiger partial charge in [-0.25, -0.2) is 4.85 Å². The first-order valence-corrected chi connectivity index (χ1v) is 11.4. The second-order valence-electron chi connectivity index (χ2n) is 6.42. The molecular formula is C23H15NOS4. The fourth-order valence-corrected chi connectivity index (χ4v) is 5.59. The average molecular weight is 450 g/mol. The standard InChI is InChI=1S/C23H15NOS4/c1-13(24-2)20-15-6-3-4-7-16(15)21(25)17(20)10-14-11-19(29-12-14)23(27)22(26)18-8-5-9-28-18/h3-12,26-27H,1H3/b17-10-,20-13-,23-22?. The fourth-order valence-electron chi connectivity index (χ4n) is 3.25. The Bertz CT molecular complexity index is 1250. The molecule has 0 N–H and O–H groups in total. The minimum atomic E-state index is -0.0403. The number of carbonyl (C=O) groups excluding carboxylic acids is 1. The molecule has 0 atom stereocenters. The van der Waals surface area contributed by atoms with Crippen molar-refractivity contribution < 1.29 is 4.79 Å². The molecule has 142 valence electrons. The highest BCUT2D eigenvalue weighted by Gasteiger charge is 2.30. The quantitative estimate of drug-likeness (QED) is 0.242. The molecule has 0 bridgehead atoms. The van der Waals surface area contributed by atoms with E-state index in [1.165, 1.54) is 0 Å². The molecule has 0 saturated heterocycles. The van der Waals surface area contributed by atoms with Crippen LogP contribution < -0.4 is 0 Å². The third kappa shape index (κ3) is 3.67. The summed E-state index contributed by atoms with van der Waals surface area (Å²) in [6, 6.07) is 13.5. The number of carbonyl (C=O) groups is 1. The van der Waals surface area contributed by atoms with E-state index in [4.69, 9.17) is 6.57 Å². The normalized spacial score (nSPS) is 17.2. The molecule has 4 rings (SSSR count). The van der Waals surface area contributed by atoms with Crippen LogP contribution in [0, 0.1) is 6.57 Å². The van der Waals surface area contributed by atoms with Gasteiger partial charge in [-0.1, -0.05) is 30.3 Å². The molecule has 1 aliphatic rings. The Morgan fingerprint density at radius 3 is 2.45 bits per heavy atom. The maximum absolute atomic E-state index is 13.0. The van der Waals surface area contributed by atoms with Crippen molar-refractivity contribution in [2.45, 2.75) is 6.92 Å². The Hall–Kier alpha value is -2.30. The van der Waals surface area contributed by atoms with Gasteiger partial charge in [0.1, 0.15) is 0 Å². The summed E-state index contributed by atoms with van der Waals surface area (Å²) in [5.74, 6) is -0.0403. The first kappa shape index (κ1) is 20.0. The highest BCUT2D eigenvalue weighted by Crippen LogP contribution is 2.41. The lowest BCUT2D eigenvalue weighted by molar-refractivity contribution is 0.104. The number of Topliss-reactive ketones (excluding diaryl/α,β-unsaturated/α-hetero) is 1. The van der Waals surface area contributed by atoms with Gasteiger partial charge in [0.25, 0.3) is 0 Å². The SMILES string of the molecule is [C-]#[N+]/C(C)=C1\C(=C\c2csc(C(S)=C(S)c3cccs3)c2)C(=O)c2ccccc21. The van der Waals surface area contributed by atoms with Crippen molar-refractivity contribution in [1.29, 1.82) is 0 Å². The zero-order chi connectivity index (χ0) is 20.5. The molecule has 0 saturated carbocycles. The number of ketones is 1. The van der Waals surface area contributed by atoms with Crippen LogP contribution in [0.15, 0.2) is 64.5 Å². The van der Waals surface area contributed by atoms with Crippen LogP contribution in [0.5, 0.6) is 0 Å². The second kappa shape index (κ2) is 8.21. The number of hydrogen-bond donors (Lipinski definition) is 2. The molecule has 0 unspecified atom stereocenters. The molecule has 29 heavy (non-hydrogen) atoms. The molecule has 2 aromatic heterocycles. The summed E-state index contributed by atoms with van der Waals surface area (Å²) < 4.78 is 0. The fraction of sp³-hybridized carbons (Fsp3) is 0.0435. The average Bonchev–Trinajstić information content (AvgIpc) is 3.48. The predicted octanol–water partition coefficient (Wildman–Crippen LogP) is 7.43. The number of hydrogen-bond acceptors (Lipinski definition) is 5. The lowest BCUT2D eigenvalue weighted by atomic mass is 10.0. The summed E-state index contributed by atoms with van der Waals surface area (Å²) in [6.07, 6.45) is 1.87. The van der Waals surface area contributed by atoms with Gasteiger partial charge in [-0.2, -0.15) is 0 Å². The molecule has 2 heterocycles. The van der Waals surface area contributed by atoms with Gasteiger partial charge in [-0.15, -0.1) is 47.9 Å². The van der Waals surface area contributed by atoms with Crippen LogP contribution in [0.4, 0.5) is 0 Å². The molecule has 0 fully saturated rings. The predicted molar refractivity (Wildman–Crippen MR) is 131 cm³/mol. The van der Waals surface area contributed by atoms with Crippen molar-refractivity contribution in [2.24, 2.45) is 0 Å². The van der Waals surface area contributed by atoms with Gasteiger partial charge in [0, 0.05) is 30.7 Å². The molecule has 1 aliphatic carbocycles. The van der Waals surface area contributed by atoms with Crippen molar-refractivity contribution in [3.63, 3.8) is 0 Å². The lowest BCUT2D eigenvalue weighted by Gasteiger charge is -2.03. The van der Waals surface area contributed by atoms with Crippen molar-refractivity contribution in [3.8, 4) is 0 Å². The summed E-state index contributed by atoms with van der Waals surface area (Å²) in [4.78, 5) is 20.3. The highest BCUT2D eigenvalue weighted by molar-refractivity contribution is 7.97. The van der Waals surface area contributed by atoms with Crippen molar-refractivity contribution in [3.05, 3.63) is 102 Å². The molecule has 3 aromatic rings. The van der Waals surface area contributed by atoms with E-state index in [9.17, 15) is 4.79 Å². The van der Waals surface area contributed by atoms with Gasteiger partial charge < -0.3 is 0 Å². The van der Waals surface area contributed by atoms with E-state index in [2.05, 4.69) is 30.1 Å². The number of rotatable bonds is 3. The third-order valence-corrected chi connectivity index (χ3v) is 7.89. The number of fused-ring (bicyclic) bond motifs is 1. The second-order valence-corrected chi connectivity index (χ2v) is 9.18. The zero-order valence-corrected chi connectivity index (χ0v) is 18.8. The van der Waals surface area contributed by atoms with Crippen molar-refractivity contribution >= 4 is 75.2 Å². The summed E-state index contributed by atoms with van der Waals surface area (Å²) in [5, 5.41) is 4.00. The minimum Gasteiger partial charge on any atom is -0.289 e. The van der Waals surface area contributed by atoms with Crippen LogP contribution in [0.3, 0.4) is 0 Å². The van der Waals surface area contributed by atoms with Crippen LogP contribution in [-0.2, 0) is 0 Å². The van der Waals surface area contributed by atoms with E-state index in [-0.39, 0.29) is 5.78 Å². The van der Waals surface area contributed by atoms with Gasteiger partial charge in [0.05, 0.1) is 6.57 Å². The van der Waals surface area contributed by atoms with Crippen LogP contribution in [0.2, 0.25) is 0 Å². The Kier molecular flexibility index (Phi) is 5.66. The van der Waals surface area contributed by atoms with Crippen molar-refractivity contribution in [1.82, 2.24) is 0 Å². The number of nitrogens with zero attached hydrogens (tertiary/aromatic N) is 1. The van der Waals surface area contributed by atoms with E-state index in [0.717, 1.165) is 36.3 Å². The number of thiol groups is 2. The number of thiophene rings is 2. The summed E-state index contributed by atoms with van der Waals surface area (Å²) in [7, 11) is 0. The first-order valence-electron chi connectivity index (χ1n) is 8.70.